The van der Waals surface area contributed by atoms with E-state index in [0.29, 0.717) is 6.04 Å². The van der Waals surface area contributed by atoms with Crippen LogP contribution in [0.5, 0.6) is 0 Å². The van der Waals surface area contributed by atoms with Crippen molar-refractivity contribution in [2.24, 2.45) is 0 Å². The summed E-state index contributed by atoms with van der Waals surface area (Å²) in [5.41, 5.74) is 3.89. The predicted molar refractivity (Wildman–Crippen MR) is 110 cm³/mol. The normalized spacial score (nSPS) is 22.1. The van der Waals surface area contributed by atoms with Gasteiger partial charge in [-0.3, -0.25) is 9.80 Å². The molecule has 144 valence electrons. The Balaban J connectivity index is 1.30. The van der Waals surface area contributed by atoms with Gasteiger partial charge >= 0.3 is 0 Å². The zero-order valence-electron chi connectivity index (χ0n) is 16.3. The van der Waals surface area contributed by atoms with E-state index < -0.39 is 0 Å². The largest absolute Gasteiger partial charge is 0.369 e. The molecule has 0 saturated carbocycles. The van der Waals surface area contributed by atoms with Crippen molar-refractivity contribution in [1.82, 2.24) is 9.80 Å². The van der Waals surface area contributed by atoms with Crippen molar-refractivity contribution < 1.29 is 4.39 Å². The number of aryl methyl sites for hydroxylation is 1. The maximum Gasteiger partial charge on any atom is 0.123 e. The fourth-order valence-corrected chi connectivity index (χ4v) is 4.42. The van der Waals surface area contributed by atoms with Crippen molar-refractivity contribution >= 4 is 5.69 Å². The third kappa shape index (κ3) is 4.69. The number of piperazine rings is 1. The number of piperidine rings is 1. The quantitative estimate of drug-likeness (QED) is 0.811. The van der Waals surface area contributed by atoms with E-state index in [-0.39, 0.29) is 5.82 Å². The Hall–Kier alpha value is -1.91. The van der Waals surface area contributed by atoms with E-state index in [9.17, 15) is 4.39 Å². The maximum absolute atomic E-state index is 13.1. The van der Waals surface area contributed by atoms with Gasteiger partial charge in [0.25, 0.3) is 0 Å². The first kappa shape index (κ1) is 18.5. The van der Waals surface area contributed by atoms with Gasteiger partial charge in [0.2, 0.25) is 0 Å². The van der Waals surface area contributed by atoms with Crippen molar-refractivity contribution in [2.75, 3.05) is 44.2 Å². The summed E-state index contributed by atoms with van der Waals surface area (Å²) in [6, 6.07) is 16.5. The minimum atomic E-state index is -0.159. The lowest BCUT2D eigenvalue weighted by molar-refractivity contribution is 0.0888. The van der Waals surface area contributed by atoms with E-state index in [1.807, 2.05) is 12.1 Å². The number of anilines is 1. The lowest BCUT2D eigenvalue weighted by Crippen LogP contribution is -2.55. The molecule has 0 amide bonds. The number of rotatable bonds is 4. The van der Waals surface area contributed by atoms with Crippen molar-refractivity contribution in [1.29, 1.82) is 0 Å². The predicted octanol–water partition coefficient (Wildman–Crippen LogP) is 3.92. The number of hydrogen-bond acceptors (Lipinski definition) is 3. The highest BCUT2D eigenvalue weighted by Gasteiger charge is 2.28. The Labute approximate surface area is 162 Å². The standard InChI is InChI=1S/C23H30FN3/c1-19-4-6-20(7-5-19)17-25-12-2-3-23(18-25)27-15-13-26(14-16-27)22-10-8-21(24)9-11-22/h4-11,23H,2-3,12-18H2,1H3. The molecule has 4 rings (SSSR count). The second-order valence-electron chi connectivity index (χ2n) is 8.02. The highest BCUT2D eigenvalue weighted by atomic mass is 19.1. The monoisotopic (exact) mass is 367 g/mol. The lowest BCUT2D eigenvalue weighted by atomic mass is 10.0. The van der Waals surface area contributed by atoms with Crippen molar-refractivity contribution in [2.45, 2.75) is 32.4 Å². The zero-order valence-corrected chi connectivity index (χ0v) is 16.3. The second-order valence-corrected chi connectivity index (χ2v) is 8.02. The van der Waals surface area contributed by atoms with E-state index in [4.69, 9.17) is 0 Å². The number of benzene rings is 2. The van der Waals surface area contributed by atoms with E-state index in [0.717, 1.165) is 38.4 Å². The molecule has 2 aromatic rings. The van der Waals surface area contributed by atoms with Gasteiger partial charge in [-0.2, -0.15) is 0 Å². The first-order chi connectivity index (χ1) is 13.2. The Kier molecular flexibility index (Phi) is 5.74. The Morgan fingerprint density at radius 2 is 1.59 bits per heavy atom. The maximum atomic E-state index is 13.1. The number of likely N-dealkylation sites (tertiary alicyclic amines) is 1. The molecule has 2 heterocycles. The highest BCUT2D eigenvalue weighted by molar-refractivity contribution is 5.46. The molecule has 3 nitrogen and oxygen atoms in total. The van der Waals surface area contributed by atoms with Crippen LogP contribution in [0.25, 0.3) is 0 Å². The molecule has 2 saturated heterocycles. The third-order valence-corrected chi connectivity index (χ3v) is 6.03. The van der Waals surface area contributed by atoms with Gasteiger partial charge in [-0.25, -0.2) is 4.39 Å². The molecule has 0 bridgehead atoms. The first-order valence-electron chi connectivity index (χ1n) is 10.2. The molecule has 0 aliphatic carbocycles. The van der Waals surface area contributed by atoms with E-state index >= 15 is 0 Å². The Morgan fingerprint density at radius 1 is 0.889 bits per heavy atom. The lowest BCUT2D eigenvalue weighted by Gasteiger charge is -2.44. The molecule has 2 fully saturated rings. The Bertz CT molecular complexity index is 720. The minimum Gasteiger partial charge on any atom is -0.369 e. The van der Waals surface area contributed by atoms with Gasteiger partial charge in [0.05, 0.1) is 0 Å². The van der Waals surface area contributed by atoms with Crippen LogP contribution in [0, 0.1) is 12.7 Å². The van der Waals surface area contributed by atoms with E-state index in [2.05, 4.69) is 45.9 Å². The fourth-order valence-electron chi connectivity index (χ4n) is 4.42. The van der Waals surface area contributed by atoms with Gasteiger partial charge in [-0.15, -0.1) is 0 Å². The van der Waals surface area contributed by atoms with Crippen molar-refractivity contribution in [3.63, 3.8) is 0 Å². The molecule has 2 aliphatic rings. The number of hydrogen-bond donors (Lipinski definition) is 0. The summed E-state index contributed by atoms with van der Waals surface area (Å²) >= 11 is 0. The van der Waals surface area contributed by atoms with Crippen LogP contribution in [0.15, 0.2) is 48.5 Å². The SMILES string of the molecule is Cc1ccc(CN2CCCC(N3CCN(c4ccc(F)cc4)CC3)C2)cc1. The summed E-state index contributed by atoms with van der Waals surface area (Å²) in [5, 5.41) is 0. The summed E-state index contributed by atoms with van der Waals surface area (Å²) in [7, 11) is 0. The fraction of sp³-hybridized carbons (Fsp3) is 0.478. The Morgan fingerprint density at radius 3 is 2.30 bits per heavy atom. The summed E-state index contributed by atoms with van der Waals surface area (Å²) in [4.78, 5) is 7.66. The van der Waals surface area contributed by atoms with Crippen LogP contribution < -0.4 is 4.90 Å². The van der Waals surface area contributed by atoms with E-state index in [1.54, 1.807) is 12.1 Å². The molecule has 27 heavy (non-hydrogen) atoms. The molecule has 0 N–H and O–H groups in total. The summed E-state index contributed by atoms with van der Waals surface area (Å²) < 4.78 is 13.1. The van der Waals surface area contributed by atoms with Crippen LogP contribution in [-0.2, 0) is 6.54 Å². The average Bonchev–Trinajstić information content (AvgIpc) is 2.71. The number of nitrogens with zero attached hydrogens (tertiary/aromatic N) is 3. The topological polar surface area (TPSA) is 9.72 Å². The zero-order chi connectivity index (χ0) is 18.6. The highest BCUT2D eigenvalue weighted by Crippen LogP contribution is 2.22. The van der Waals surface area contributed by atoms with Gasteiger partial charge in [0, 0.05) is 51.0 Å². The number of halogens is 1. The van der Waals surface area contributed by atoms with Crippen LogP contribution in [0.3, 0.4) is 0 Å². The average molecular weight is 368 g/mol. The molecule has 2 aliphatic heterocycles. The van der Waals surface area contributed by atoms with Gasteiger partial charge in [0.15, 0.2) is 0 Å². The molecule has 0 radical (unpaired) electrons. The van der Waals surface area contributed by atoms with Crippen LogP contribution >= 0.6 is 0 Å². The van der Waals surface area contributed by atoms with Gasteiger partial charge < -0.3 is 4.90 Å². The van der Waals surface area contributed by atoms with Crippen LogP contribution in [-0.4, -0.2) is 55.1 Å². The molecule has 1 unspecified atom stereocenters. The summed E-state index contributed by atoms with van der Waals surface area (Å²) in [6.45, 7) is 9.84. The molecule has 4 heteroatoms. The minimum absolute atomic E-state index is 0.159. The molecule has 0 aromatic heterocycles. The van der Waals surface area contributed by atoms with Gasteiger partial charge in [-0.05, 0) is 56.1 Å². The van der Waals surface area contributed by atoms with Crippen LogP contribution in [0.4, 0.5) is 10.1 Å². The van der Waals surface area contributed by atoms with Crippen molar-refractivity contribution in [3.8, 4) is 0 Å². The smallest absolute Gasteiger partial charge is 0.123 e. The molecule has 0 spiro atoms. The van der Waals surface area contributed by atoms with Crippen molar-refractivity contribution in [3.05, 3.63) is 65.5 Å². The van der Waals surface area contributed by atoms with Gasteiger partial charge in [0.1, 0.15) is 5.82 Å². The second kappa shape index (κ2) is 8.41. The molecule has 2 aromatic carbocycles. The summed E-state index contributed by atoms with van der Waals surface area (Å²) in [5.74, 6) is -0.159. The molecular formula is C23H30FN3. The first-order valence-corrected chi connectivity index (χ1v) is 10.2. The van der Waals surface area contributed by atoms with Crippen LogP contribution in [0.2, 0.25) is 0 Å². The molecule has 1 atom stereocenters. The molecular weight excluding hydrogens is 337 g/mol. The van der Waals surface area contributed by atoms with Crippen LogP contribution in [0.1, 0.15) is 24.0 Å². The summed E-state index contributed by atoms with van der Waals surface area (Å²) in [6.07, 6.45) is 2.59. The van der Waals surface area contributed by atoms with E-state index in [1.165, 1.54) is 37.1 Å². The van der Waals surface area contributed by atoms with Gasteiger partial charge in [-0.1, -0.05) is 29.8 Å². The third-order valence-electron chi connectivity index (χ3n) is 6.03.